The van der Waals surface area contributed by atoms with Gasteiger partial charge in [0.2, 0.25) is 0 Å². The fraction of sp³-hybridized carbons (Fsp3) is 0.364. The van der Waals surface area contributed by atoms with Crippen LogP contribution in [0.15, 0.2) is 35.5 Å². The number of nitrogens with zero attached hydrogens (tertiary/aromatic N) is 4. The molecule has 0 spiro atoms. The smallest absolute Gasteiger partial charge is 0.274 e. The molecule has 3 heterocycles. The number of nitrogens with one attached hydrogen (secondary N) is 1. The Morgan fingerprint density at radius 2 is 2.03 bits per heavy atom. The lowest BCUT2D eigenvalue weighted by atomic mass is 10.1. The van der Waals surface area contributed by atoms with Gasteiger partial charge in [-0.2, -0.15) is 0 Å². The molecule has 31 heavy (non-hydrogen) atoms. The first-order valence-corrected chi connectivity index (χ1v) is 12.2. The number of rotatable bonds is 6. The summed E-state index contributed by atoms with van der Waals surface area (Å²) in [4.78, 5) is 29.5. The number of amides is 1. The molecule has 6 nitrogen and oxygen atoms in total. The van der Waals surface area contributed by atoms with Crippen molar-refractivity contribution >= 4 is 34.8 Å². The molecule has 1 aromatic carbocycles. The van der Waals surface area contributed by atoms with E-state index in [0.29, 0.717) is 18.8 Å². The van der Waals surface area contributed by atoms with E-state index in [0.717, 1.165) is 45.0 Å². The van der Waals surface area contributed by atoms with Crippen molar-refractivity contribution in [2.45, 2.75) is 37.9 Å². The summed E-state index contributed by atoms with van der Waals surface area (Å²) in [6, 6.07) is 8.19. The molecular weight excluding hydrogens is 433 g/mol. The van der Waals surface area contributed by atoms with Crippen molar-refractivity contribution in [2.24, 2.45) is 0 Å². The summed E-state index contributed by atoms with van der Waals surface area (Å²) in [7, 11) is 0. The first-order chi connectivity index (χ1) is 14.9. The number of carbonyl (C=O) groups is 1. The summed E-state index contributed by atoms with van der Waals surface area (Å²) >= 11 is 2.96. The minimum atomic E-state index is -0.298. The molecule has 4 rings (SSSR count). The van der Waals surface area contributed by atoms with Crippen LogP contribution in [0.3, 0.4) is 0 Å². The largest absolute Gasteiger partial charge is 0.368 e. The lowest BCUT2D eigenvalue weighted by Gasteiger charge is -2.25. The molecule has 0 bridgehead atoms. The number of carbonyl (C=O) groups excluding carboxylic acids is 1. The molecule has 0 aliphatic carbocycles. The predicted octanol–water partition coefficient (Wildman–Crippen LogP) is 4.79. The molecule has 3 aromatic rings. The second-order valence-corrected chi connectivity index (χ2v) is 9.45. The van der Waals surface area contributed by atoms with Crippen LogP contribution in [0.25, 0.3) is 10.4 Å². The normalized spacial score (nSPS) is 16.0. The van der Waals surface area contributed by atoms with Gasteiger partial charge in [-0.3, -0.25) is 4.79 Å². The molecular formula is C22H24FN5OS2. The number of halogens is 1. The SMILES string of the molecule is CSc1nc(C)cc(NCC2CCCN2C(=O)c2nc(C)sc2-c2ccc(F)cc2)n1. The van der Waals surface area contributed by atoms with E-state index in [1.807, 2.05) is 31.1 Å². The summed E-state index contributed by atoms with van der Waals surface area (Å²) in [6.45, 7) is 5.15. The van der Waals surface area contributed by atoms with Crippen LogP contribution in [0.2, 0.25) is 0 Å². The van der Waals surface area contributed by atoms with Gasteiger partial charge in [0, 0.05) is 30.9 Å². The van der Waals surface area contributed by atoms with E-state index in [4.69, 9.17) is 0 Å². The molecule has 162 valence electrons. The van der Waals surface area contributed by atoms with Crippen molar-refractivity contribution in [3.63, 3.8) is 0 Å². The lowest BCUT2D eigenvalue weighted by molar-refractivity contribution is 0.0739. The quantitative estimate of drug-likeness (QED) is 0.424. The van der Waals surface area contributed by atoms with Gasteiger partial charge in [-0.15, -0.1) is 11.3 Å². The second-order valence-electron chi connectivity index (χ2n) is 7.47. The zero-order valence-electron chi connectivity index (χ0n) is 17.7. The highest BCUT2D eigenvalue weighted by atomic mass is 32.2. The van der Waals surface area contributed by atoms with E-state index in [1.54, 1.807) is 12.1 Å². The van der Waals surface area contributed by atoms with Gasteiger partial charge in [-0.05, 0) is 50.6 Å². The van der Waals surface area contributed by atoms with Crippen LogP contribution in [0, 0.1) is 19.7 Å². The third kappa shape index (κ3) is 4.88. The average molecular weight is 458 g/mol. The summed E-state index contributed by atoms with van der Waals surface area (Å²) in [6.07, 6.45) is 3.82. The van der Waals surface area contributed by atoms with Crippen LogP contribution in [0.4, 0.5) is 10.2 Å². The predicted molar refractivity (Wildman–Crippen MR) is 123 cm³/mol. The average Bonchev–Trinajstić information content (AvgIpc) is 3.38. The highest BCUT2D eigenvalue weighted by Crippen LogP contribution is 2.32. The molecule has 2 aromatic heterocycles. The van der Waals surface area contributed by atoms with E-state index in [-0.39, 0.29) is 17.8 Å². The molecule has 1 fully saturated rings. The fourth-order valence-corrected chi connectivity index (χ4v) is 5.11. The molecule has 0 radical (unpaired) electrons. The van der Waals surface area contributed by atoms with E-state index in [2.05, 4.69) is 20.3 Å². The number of aromatic nitrogens is 3. The lowest BCUT2D eigenvalue weighted by Crippen LogP contribution is -2.40. The van der Waals surface area contributed by atoms with Gasteiger partial charge in [-0.25, -0.2) is 19.3 Å². The van der Waals surface area contributed by atoms with Gasteiger partial charge in [0.1, 0.15) is 17.3 Å². The van der Waals surface area contributed by atoms with Crippen LogP contribution in [0.5, 0.6) is 0 Å². The summed E-state index contributed by atoms with van der Waals surface area (Å²) in [5.41, 5.74) is 2.16. The molecule has 1 atom stereocenters. The van der Waals surface area contributed by atoms with Crippen molar-refractivity contribution in [1.29, 1.82) is 0 Å². The molecule has 1 aliphatic heterocycles. The van der Waals surface area contributed by atoms with Gasteiger partial charge in [0.05, 0.1) is 9.88 Å². The molecule has 1 amide bonds. The zero-order chi connectivity index (χ0) is 22.0. The Bertz CT molecular complexity index is 1090. The Balaban J connectivity index is 1.52. The number of benzene rings is 1. The van der Waals surface area contributed by atoms with Crippen molar-refractivity contribution in [3.8, 4) is 10.4 Å². The fourth-order valence-electron chi connectivity index (χ4n) is 3.77. The Morgan fingerprint density at radius 3 is 2.77 bits per heavy atom. The molecule has 1 N–H and O–H groups in total. The van der Waals surface area contributed by atoms with Crippen LogP contribution >= 0.6 is 23.1 Å². The maximum absolute atomic E-state index is 13.4. The number of thioether (sulfide) groups is 1. The van der Waals surface area contributed by atoms with Crippen LogP contribution in [-0.2, 0) is 0 Å². The van der Waals surface area contributed by atoms with Gasteiger partial charge in [0.15, 0.2) is 5.16 Å². The maximum Gasteiger partial charge on any atom is 0.274 e. The molecule has 0 saturated carbocycles. The molecule has 1 saturated heterocycles. The maximum atomic E-state index is 13.4. The Morgan fingerprint density at radius 1 is 1.26 bits per heavy atom. The van der Waals surface area contributed by atoms with Crippen molar-refractivity contribution in [1.82, 2.24) is 19.9 Å². The van der Waals surface area contributed by atoms with E-state index in [1.165, 1.54) is 35.2 Å². The second kappa shape index (κ2) is 9.32. The van der Waals surface area contributed by atoms with Crippen molar-refractivity contribution < 1.29 is 9.18 Å². The number of hydrogen-bond acceptors (Lipinski definition) is 7. The van der Waals surface area contributed by atoms with E-state index >= 15 is 0 Å². The Kier molecular flexibility index (Phi) is 6.52. The Labute approximate surface area is 189 Å². The number of thiazole rings is 1. The van der Waals surface area contributed by atoms with Gasteiger partial charge < -0.3 is 10.2 Å². The summed E-state index contributed by atoms with van der Waals surface area (Å²) in [5, 5.41) is 4.92. The van der Waals surface area contributed by atoms with Crippen molar-refractivity contribution in [3.05, 3.63) is 52.5 Å². The Hall–Kier alpha value is -2.52. The number of hydrogen-bond donors (Lipinski definition) is 1. The third-order valence-electron chi connectivity index (χ3n) is 5.22. The standard InChI is InChI=1S/C22H24FN5OS2/c1-13-11-18(27-22(25-13)30-3)24-12-17-5-4-10-28(17)21(29)19-20(31-14(2)26-19)15-6-8-16(23)9-7-15/h6-9,11,17H,4-5,10,12H2,1-3H3,(H,24,25,27). The van der Waals surface area contributed by atoms with Crippen LogP contribution in [0.1, 0.15) is 34.0 Å². The van der Waals surface area contributed by atoms with E-state index < -0.39 is 0 Å². The topological polar surface area (TPSA) is 71.0 Å². The molecule has 1 aliphatic rings. The molecule has 1 unspecified atom stereocenters. The monoisotopic (exact) mass is 457 g/mol. The number of anilines is 1. The zero-order valence-corrected chi connectivity index (χ0v) is 19.3. The first kappa shape index (κ1) is 21.7. The number of likely N-dealkylation sites (tertiary alicyclic amines) is 1. The van der Waals surface area contributed by atoms with Gasteiger partial charge >= 0.3 is 0 Å². The molecule has 9 heteroatoms. The van der Waals surface area contributed by atoms with Crippen LogP contribution in [-0.4, -0.2) is 51.1 Å². The van der Waals surface area contributed by atoms with Gasteiger partial charge in [-0.1, -0.05) is 23.9 Å². The highest BCUT2D eigenvalue weighted by molar-refractivity contribution is 7.98. The third-order valence-corrected chi connectivity index (χ3v) is 6.78. The first-order valence-electron chi connectivity index (χ1n) is 10.1. The minimum absolute atomic E-state index is 0.0589. The van der Waals surface area contributed by atoms with Crippen LogP contribution < -0.4 is 5.32 Å². The summed E-state index contributed by atoms with van der Waals surface area (Å²) < 4.78 is 13.4. The highest BCUT2D eigenvalue weighted by Gasteiger charge is 2.32. The van der Waals surface area contributed by atoms with Gasteiger partial charge in [0.25, 0.3) is 5.91 Å². The minimum Gasteiger partial charge on any atom is -0.368 e. The van der Waals surface area contributed by atoms with E-state index in [9.17, 15) is 9.18 Å². The number of aryl methyl sites for hydroxylation is 2. The van der Waals surface area contributed by atoms with Crippen molar-refractivity contribution in [2.75, 3.05) is 24.7 Å². The summed E-state index contributed by atoms with van der Waals surface area (Å²) in [5.74, 6) is 0.400.